The van der Waals surface area contributed by atoms with Gasteiger partial charge in [0.25, 0.3) is 11.8 Å². The van der Waals surface area contributed by atoms with Crippen LogP contribution in [0.1, 0.15) is 57.0 Å². The number of piperidine rings is 1. The Bertz CT molecular complexity index is 1980. The first-order chi connectivity index (χ1) is 21.4. The van der Waals surface area contributed by atoms with Gasteiger partial charge in [-0.05, 0) is 61.2 Å². The maximum atomic E-state index is 12.8. The van der Waals surface area contributed by atoms with Crippen molar-refractivity contribution in [2.75, 3.05) is 11.9 Å². The summed E-state index contributed by atoms with van der Waals surface area (Å²) in [5.74, 6) is -2.53. The number of aromatic nitrogens is 4. The smallest absolute Gasteiger partial charge is 0.259 e. The third-order valence-corrected chi connectivity index (χ3v) is 7.99. The fourth-order valence-corrected chi connectivity index (χ4v) is 5.83. The highest BCUT2D eigenvalue weighted by atomic mass is 16.2. The van der Waals surface area contributed by atoms with Crippen molar-refractivity contribution >= 4 is 40.3 Å². The largest absolute Gasteiger partial charge is 0.385 e. The summed E-state index contributed by atoms with van der Waals surface area (Å²) in [6.07, 6.45) is 7.43. The lowest BCUT2D eigenvalue weighted by atomic mass is 9.84. The van der Waals surface area contributed by atoms with Crippen LogP contribution < -0.4 is 16.0 Å². The molecule has 1 saturated heterocycles. The molecule has 11 nitrogen and oxygen atoms in total. The molecule has 0 aliphatic carbocycles. The Balaban J connectivity index is 1.05. The first-order valence-corrected chi connectivity index (χ1v) is 14.4. The van der Waals surface area contributed by atoms with Crippen molar-refractivity contribution in [2.24, 2.45) is 0 Å². The standard InChI is InChI=1S/C33H27N7O4/c41-28-13-11-22(31(42)38-28)29-26(12-10-23-30(29)33(44)39-32(23)43)34-14-4-6-19-5-3-7-21(15-19)40-18-20(16-36-40)27-17-35-24-8-1-2-9-25(24)37-27/h1-3,5,7-10,12,15-18,22,34H,4,6,11,13-14H2,(H,38,41,42)(H,39,43,44). The van der Waals surface area contributed by atoms with Gasteiger partial charge in [0.1, 0.15) is 0 Å². The summed E-state index contributed by atoms with van der Waals surface area (Å²) < 4.78 is 1.82. The number of aryl methyl sites for hydroxylation is 1. The lowest BCUT2D eigenvalue weighted by Crippen LogP contribution is -2.40. The zero-order valence-electron chi connectivity index (χ0n) is 23.5. The number of hydrogen-bond acceptors (Lipinski definition) is 8. The monoisotopic (exact) mass is 585 g/mol. The molecule has 7 rings (SSSR count). The number of nitrogens with zero attached hydrogens (tertiary/aromatic N) is 4. The molecule has 1 fully saturated rings. The second-order valence-electron chi connectivity index (χ2n) is 10.9. The van der Waals surface area contributed by atoms with Gasteiger partial charge in [-0.3, -0.25) is 34.8 Å². The summed E-state index contributed by atoms with van der Waals surface area (Å²) in [6.45, 7) is 0.561. The third kappa shape index (κ3) is 5.08. The van der Waals surface area contributed by atoms with Crippen LogP contribution in [0.25, 0.3) is 28.0 Å². The normalized spacial score (nSPS) is 16.1. The molecule has 5 aromatic rings. The van der Waals surface area contributed by atoms with Crippen molar-refractivity contribution in [1.29, 1.82) is 0 Å². The number of imide groups is 2. The van der Waals surface area contributed by atoms with Gasteiger partial charge in [-0.15, -0.1) is 0 Å². The molecule has 0 bridgehead atoms. The van der Waals surface area contributed by atoms with E-state index in [0.29, 0.717) is 17.8 Å². The van der Waals surface area contributed by atoms with Crippen LogP contribution in [0.2, 0.25) is 0 Å². The molecule has 4 heterocycles. The number of rotatable bonds is 8. The van der Waals surface area contributed by atoms with Crippen molar-refractivity contribution < 1.29 is 19.2 Å². The Morgan fingerprint density at radius 3 is 2.64 bits per heavy atom. The van der Waals surface area contributed by atoms with E-state index < -0.39 is 23.6 Å². The van der Waals surface area contributed by atoms with Crippen molar-refractivity contribution in [2.45, 2.75) is 31.6 Å². The molecule has 44 heavy (non-hydrogen) atoms. The molecule has 0 radical (unpaired) electrons. The summed E-state index contributed by atoms with van der Waals surface area (Å²) >= 11 is 0. The van der Waals surface area contributed by atoms with Gasteiger partial charge in [0.15, 0.2) is 0 Å². The van der Waals surface area contributed by atoms with Gasteiger partial charge in [0.2, 0.25) is 11.8 Å². The Hall–Kier alpha value is -5.71. The van der Waals surface area contributed by atoms with Gasteiger partial charge in [-0.1, -0.05) is 24.3 Å². The highest BCUT2D eigenvalue weighted by Gasteiger charge is 2.38. The van der Waals surface area contributed by atoms with E-state index in [2.05, 4.69) is 38.2 Å². The molecule has 3 N–H and O–H groups in total. The summed E-state index contributed by atoms with van der Waals surface area (Å²) in [6, 6.07) is 19.2. The minimum atomic E-state index is -0.710. The quantitative estimate of drug-likeness (QED) is 0.183. The molecule has 2 aromatic heterocycles. The SMILES string of the molecule is O=C1CCC(c2c(NCCCc3cccc(-n4cc(-c5cnc6ccccc6n5)cn4)c3)ccc3c2C(=O)NC3=O)C(=O)N1. The van der Waals surface area contributed by atoms with Gasteiger partial charge < -0.3 is 5.32 Å². The number of hydrogen-bond donors (Lipinski definition) is 3. The molecule has 1 unspecified atom stereocenters. The van der Waals surface area contributed by atoms with E-state index in [0.717, 1.165) is 46.4 Å². The van der Waals surface area contributed by atoms with E-state index >= 15 is 0 Å². The first kappa shape index (κ1) is 27.1. The van der Waals surface area contributed by atoms with E-state index in [4.69, 9.17) is 4.98 Å². The van der Waals surface area contributed by atoms with Crippen LogP contribution in [0.15, 0.2) is 79.3 Å². The highest BCUT2D eigenvalue weighted by Crippen LogP contribution is 2.37. The van der Waals surface area contributed by atoms with E-state index in [1.165, 1.54) is 0 Å². The summed E-state index contributed by atoms with van der Waals surface area (Å²) in [7, 11) is 0. The van der Waals surface area contributed by atoms with Gasteiger partial charge in [-0.2, -0.15) is 5.10 Å². The van der Waals surface area contributed by atoms with Gasteiger partial charge in [0, 0.05) is 36.0 Å². The van der Waals surface area contributed by atoms with Crippen molar-refractivity contribution in [3.63, 3.8) is 0 Å². The number of benzene rings is 3. The number of nitrogens with one attached hydrogen (secondary N) is 3. The van der Waals surface area contributed by atoms with Gasteiger partial charge in [-0.25, -0.2) is 9.67 Å². The predicted octanol–water partition coefficient (Wildman–Crippen LogP) is 3.93. The maximum absolute atomic E-state index is 12.8. The summed E-state index contributed by atoms with van der Waals surface area (Å²) in [4.78, 5) is 58.7. The van der Waals surface area contributed by atoms with Crippen LogP contribution in [-0.4, -0.2) is 49.9 Å². The third-order valence-electron chi connectivity index (χ3n) is 7.99. The lowest BCUT2D eigenvalue weighted by Gasteiger charge is -2.25. The molecule has 2 aliphatic rings. The molecule has 11 heteroatoms. The lowest BCUT2D eigenvalue weighted by molar-refractivity contribution is -0.134. The van der Waals surface area contributed by atoms with Crippen LogP contribution >= 0.6 is 0 Å². The summed E-state index contributed by atoms with van der Waals surface area (Å²) in [5, 5.41) is 12.6. The summed E-state index contributed by atoms with van der Waals surface area (Å²) in [5.41, 5.74) is 6.85. The topological polar surface area (TPSA) is 148 Å². The molecule has 3 aromatic carbocycles. The molecule has 1 atom stereocenters. The zero-order valence-corrected chi connectivity index (χ0v) is 23.5. The maximum Gasteiger partial charge on any atom is 0.259 e. The zero-order chi connectivity index (χ0) is 30.2. The number of fused-ring (bicyclic) bond motifs is 2. The molecule has 4 amide bonds. The molecular formula is C33H27N7O4. The van der Waals surface area contributed by atoms with Gasteiger partial charge >= 0.3 is 0 Å². The number of carbonyl (C=O) groups excluding carboxylic acids is 4. The molecule has 2 aliphatic heterocycles. The number of carbonyl (C=O) groups is 4. The first-order valence-electron chi connectivity index (χ1n) is 14.4. The average molecular weight is 586 g/mol. The Morgan fingerprint density at radius 2 is 1.77 bits per heavy atom. The molecular weight excluding hydrogens is 558 g/mol. The van der Waals surface area contributed by atoms with Crippen LogP contribution in [0.5, 0.6) is 0 Å². The fourth-order valence-electron chi connectivity index (χ4n) is 5.83. The van der Waals surface area contributed by atoms with Crippen molar-refractivity contribution in [3.05, 3.63) is 102 Å². The fraction of sp³-hybridized carbons (Fsp3) is 0.182. The second-order valence-corrected chi connectivity index (χ2v) is 10.9. The number of anilines is 1. The second kappa shape index (κ2) is 11.2. The van der Waals surface area contributed by atoms with E-state index in [9.17, 15) is 19.2 Å². The molecule has 0 spiro atoms. The van der Waals surface area contributed by atoms with Crippen LogP contribution in [0.3, 0.4) is 0 Å². The highest BCUT2D eigenvalue weighted by molar-refractivity contribution is 6.23. The van der Waals surface area contributed by atoms with Gasteiger partial charge in [0.05, 0.1) is 51.9 Å². The van der Waals surface area contributed by atoms with Crippen LogP contribution in [0, 0.1) is 0 Å². The average Bonchev–Trinajstić information content (AvgIpc) is 3.64. The predicted molar refractivity (Wildman–Crippen MR) is 162 cm³/mol. The van der Waals surface area contributed by atoms with E-state index in [1.807, 2.05) is 47.3 Å². The Morgan fingerprint density at radius 1 is 0.909 bits per heavy atom. The minimum Gasteiger partial charge on any atom is -0.385 e. The van der Waals surface area contributed by atoms with E-state index in [1.54, 1.807) is 24.5 Å². The number of amides is 4. The Kier molecular flexibility index (Phi) is 6.89. The Labute approximate surface area is 251 Å². The molecule has 0 saturated carbocycles. The van der Waals surface area contributed by atoms with Crippen molar-refractivity contribution in [3.8, 4) is 16.9 Å². The van der Waals surface area contributed by atoms with E-state index in [-0.39, 0.29) is 29.9 Å². The van der Waals surface area contributed by atoms with Crippen LogP contribution in [0.4, 0.5) is 5.69 Å². The van der Waals surface area contributed by atoms with Crippen molar-refractivity contribution in [1.82, 2.24) is 30.4 Å². The van der Waals surface area contributed by atoms with Crippen LogP contribution in [-0.2, 0) is 16.0 Å². The minimum absolute atomic E-state index is 0.166. The number of para-hydroxylation sites is 2. The molecule has 218 valence electrons.